The average Bonchev–Trinajstić information content (AvgIpc) is 2.65. The Bertz CT molecular complexity index is 233. The lowest BCUT2D eigenvalue weighted by Crippen LogP contribution is -2.32. The molecule has 0 aliphatic carbocycles. The van der Waals surface area contributed by atoms with Gasteiger partial charge in [0.2, 0.25) is 5.91 Å². The molecule has 78 valence electrons. The zero-order chi connectivity index (χ0) is 10.2. The largest absolute Gasteiger partial charge is 0.355 e. The van der Waals surface area contributed by atoms with Crippen LogP contribution in [0.25, 0.3) is 0 Å². The molecule has 1 unspecified atom stereocenters. The third kappa shape index (κ3) is 4.29. The standard InChI is InChI=1S/C11H18N2O/c1-2-3-4-7-13-11(14)9-10-6-5-8-12-10/h10,12H,4-9H2,1H3,(H,13,14). The molecule has 1 aliphatic heterocycles. The second-order valence-corrected chi connectivity index (χ2v) is 3.52. The third-order valence-electron chi connectivity index (χ3n) is 2.34. The number of carbonyl (C=O) groups is 1. The van der Waals surface area contributed by atoms with Crippen LogP contribution in [-0.2, 0) is 4.79 Å². The van der Waals surface area contributed by atoms with E-state index < -0.39 is 0 Å². The van der Waals surface area contributed by atoms with Crippen LogP contribution in [0.4, 0.5) is 0 Å². The fraction of sp³-hybridized carbons (Fsp3) is 0.727. The normalized spacial score (nSPS) is 19.9. The van der Waals surface area contributed by atoms with E-state index in [0.29, 0.717) is 19.0 Å². The van der Waals surface area contributed by atoms with Crippen LogP contribution < -0.4 is 10.6 Å². The first-order valence-electron chi connectivity index (χ1n) is 5.22. The Morgan fingerprint density at radius 1 is 1.64 bits per heavy atom. The van der Waals surface area contributed by atoms with Gasteiger partial charge in [0.05, 0.1) is 0 Å². The van der Waals surface area contributed by atoms with Crippen molar-refractivity contribution in [3.05, 3.63) is 0 Å². The van der Waals surface area contributed by atoms with Crippen LogP contribution in [0.5, 0.6) is 0 Å². The molecule has 1 heterocycles. The van der Waals surface area contributed by atoms with E-state index in [4.69, 9.17) is 0 Å². The Morgan fingerprint density at radius 2 is 2.50 bits per heavy atom. The molecule has 1 atom stereocenters. The molecular formula is C11H18N2O. The topological polar surface area (TPSA) is 41.1 Å². The van der Waals surface area contributed by atoms with E-state index in [1.54, 1.807) is 0 Å². The van der Waals surface area contributed by atoms with Crippen LogP contribution in [0.15, 0.2) is 0 Å². The third-order valence-corrected chi connectivity index (χ3v) is 2.34. The molecule has 0 aromatic heterocycles. The zero-order valence-electron chi connectivity index (χ0n) is 8.73. The van der Waals surface area contributed by atoms with Gasteiger partial charge < -0.3 is 10.6 Å². The molecule has 0 saturated carbocycles. The molecule has 2 N–H and O–H groups in total. The summed E-state index contributed by atoms with van der Waals surface area (Å²) < 4.78 is 0. The van der Waals surface area contributed by atoms with Gasteiger partial charge in [-0.3, -0.25) is 4.79 Å². The minimum absolute atomic E-state index is 0.141. The Kier molecular flexibility index (Phi) is 5.09. The maximum Gasteiger partial charge on any atom is 0.221 e. The van der Waals surface area contributed by atoms with Crippen molar-refractivity contribution in [3.63, 3.8) is 0 Å². The first-order chi connectivity index (χ1) is 6.83. The molecule has 1 fully saturated rings. The Labute approximate surface area is 85.6 Å². The predicted molar refractivity (Wildman–Crippen MR) is 56.7 cm³/mol. The summed E-state index contributed by atoms with van der Waals surface area (Å²) in [5, 5.41) is 6.16. The van der Waals surface area contributed by atoms with Crippen molar-refractivity contribution in [2.24, 2.45) is 0 Å². The molecule has 1 saturated heterocycles. The van der Waals surface area contributed by atoms with E-state index in [2.05, 4.69) is 22.5 Å². The summed E-state index contributed by atoms with van der Waals surface area (Å²) in [7, 11) is 0. The second kappa shape index (κ2) is 6.44. The smallest absolute Gasteiger partial charge is 0.221 e. The molecule has 1 aliphatic rings. The SMILES string of the molecule is CC#CCCNC(=O)CC1CCCN1. The number of carbonyl (C=O) groups excluding carboxylic acids is 1. The van der Waals surface area contributed by atoms with Gasteiger partial charge in [0.15, 0.2) is 0 Å². The molecular weight excluding hydrogens is 176 g/mol. The fourth-order valence-electron chi connectivity index (χ4n) is 1.62. The Balaban J connectivity index is 2.05. The van der Waals surface area contributed by atoms with Gasteiger partial charge in [-0.05, 0) is 26.3 Å². The lowest BCUT2D eigenvalue weighted by atomic mass is 10.1. The number of amides is 1. The molecule has 3 heteroatoms. The summed E-state index contributed by atoms with van der Waals surface area (Å²) in [6, 6.07) is 0.396. The quantitative estimate of drug-likeness (QED) is 0.510. The first kappa shape index (κ1) is 11.1. The summed E-state index contributed by atoms with van der Waals surface area (Å²) >= 11 is 0. The number of hydrogen-bond acceptors (Lipinski definition) is 2. The summed E-state index contributed by atoms with van der Waals surface area (Å²) in [5.74, 6) is 5.86. The number of hydrogen-bond donors (Lipinski definition) is 2. The zero-order valence-corrected chi connectivity index (χ0v) is 8.73. The maximum atomic E-state index is 11.4. The highest BCUT2D eigenvalue weighted by Crippen LogP contribution is 2.07. The predicted octanol–water partition coefficient (Wildman–Crippen LogP) is 0.658. The van der Waals surface area contributed by atoms with Crippen LogP contribution in [0.2, 0.25) is 0 Å². The monoisotopic (exact) mass is 194 g/mol. The van der Waals surface area contributed by atoms with Gasteiger partial charge in [-0.15, -0.1) is 11.8 Å². The highest BCUT2D eigenvalue weighted by atomic mass is 16.1. The van der Waals surface area contributed by atoms with Gasteiger partial charge in [0, 0.05) is 25.4 Å². The van der Waals surface area contributed by atoms with Gasteiger partial charge in [-0.2, -0.15) is 0 Å². The summed E-state index contributed by atoms with van der Waals surface area (Å²) in [4.78, 5) is 11.4. The van der Waals surface area contributed by atoms with Gasteiger partial charge >= 0.3 is 0 Å². The Morgan fingerprint density at radius 3 is 3.14 bits per heavy atom. The van der Waals surface area contributed by atoms with Crippen molar-refractivity contribution in [1.82, 2.24) is 10.6 Å². The minimum atomic E-state index is 0.141. The number of nitrogens with one attached hydrogen (secondary N) is 2. The lowest BCUT2D eigenvalue weighted by Gasteiger charge is -2.09. The van der Waals surface area contributed by atoms with Crippen molar-refractivity contribution >= 4 is 5.91 Å². The molecule has 0 aromatic rings. The molecule has 1 amide bonds. The highest BCUT2D eigenvalue weighted by Gasteiger charge is 2.16. The van der Waals surface area contributed by atoms with E-state index in [9.17, 15) is 4.79 Å². The summed E-state index contributed by atoms with van der Waals surface area (Å²) in [6.07, 6.45) is 3.68. The lowest BCUT2D eigenvalue weighted by molar-refractivity contribution is -0.121. The molecule has 0 bridgehead atoms. The summed E-state index contributed by atoms with van der Waals surface area (Å²) in [5.41, 5.74) is 0. The van der Waals surface area contributed by atoms with Gasteiger partial charge in [0.25, 0.3) is 0 Å². The molecule has 3 nitrogen and oxygen atoms in total. The van der Waals surface area contributed by atoms with E-state index in [1.165, 1.54) is 6.42 Å². The molecule has 14 heavy (non-hydrogen) atoms. The van der Waals surface area contributed by atoms with E-state index in [1.807, 2.05) is 6.92 Å². The maximum absolute atomic E-state index is 11.4. The van der Waals surface area contributed by atoms with Crippen molar-refractivity contribution in [3.8, 4) is 11.8 Å². The Hall–Kier alpha value is -1.01. The fourth-order valence-corrected chi connectivity index (χ4v) is 1.62. The summed E-state index contributed by atoms with van der Waals surface area (Å²) in [6.45, 7) is 3.54. The van der Waals surface area contributed by atoms with Crippen molar-refractivity contribution in [2.75, 3.05) is 13.1 Å². The average molecular weight is 194 g/mol. The second-order valence-electron chi connectivity index (χ2n) is 3.52. The van der Waals surface area contributed by atoms with Crippen molar-refractivity contribution in [1.29, 1.82) is 0 Å². The number of rotatable bonds is 4. The molecule has 0 spiro atoms. The van der Waals surface area contributed by atoms with Crippen LogP contribution in [0, 0.1) is 11.8 Å². The first-order valence-corrected chi connectivity index (χ1v) is 5.22. The van der Waals surface area contributed by atoms with Crippen LogP contribution >= 0.6 is 0 Å². The van der Waals surface area contributed by atoms with E-state index in [0.717, 1.165) is 19.4 Å². The highest BCUT2D eigenvalue weighted by molar-refractivity contribution is 5.76. The van der Waals surface area contributed by atoms with Crippen LogP contribution in [0.1, 0.15) is 32.6 Å². The van der Waals surface area contributed by atoms with E-state index in [-0.39, 0.29) is 5.91 Å². The molecule has 1 rings (SSSR count). The van der Waals surface area contributed by atoms with Crippen LogP contribution in [0.3, 0.4) is 0 Å². The van der Waals surface area contributed by atoms with Gasteiger partial charge in [-0.1, -0.05) is 0 Å². The molecule has 0 radical (unpaired) electrons. The minimum Gasteiger partial charge on any atom is -0.355 e. The molecule has 0 aromatic carbocycles. The van der Waals surface area contributed by atoms with Gasteiger partial charge in [0.1, 0.15) is 0 Å². The van der Waals surface area contributed by atoms with Crippen molar-refractivity contribution < 1.29 is 4.79 Å². The van der Waals surface area contributed by atoms with E-state index >= 15 is 0 Å². The van der Waals surface area contributed by atoms with Crippen molar-refractivity contribution in [2.45, 2.75) is 38.6 Å². The van der Waals surface area contributed by atoms with Gasteiger partial charge in [-0.25, -0.2) is 0 Å². The van der Waals surface area contributed by atoms with Crippen LogP contribution in [-0.4, -0.2) is 25.0 Å².